The van der Waals surface area contributed by atoms with Gasteiger partial charge in [0.15, 0.2) is 0 Å². The van der Waals surface area contributed by atoms with Crippen LogP contribution in [-0.2, 0) is 9.59 Å². The second-order valence-electron chi connectivity index (χ2n) is 8.38. The number of amides is 3. The minimum absolute atomic E-state index is 0.193. The normalized spacial score (nSPS) is 14.0. The fourth-order valence-corrected chi connectivity index (χ4v) is 4.79. The van der Waals surface area contributed by atoms with E-state index >= 15 is 0 Å². The maximum absolute atomic E-state index is 13.4. The lowest BCUT2D eigenvalue weighted by Crippen LogP contribution is -2.28. The number of imide groups is 1. The highest BCUT2D eigenvalue weighted by atomic mass is 16.2. The standard InChI is InChI=1S/C27H20N4O3/c1-16-28-21-11-4-2-9-19(21)26-25(20-10-3-5-12-22(20)30(16)26)29-27(34)17-7-6-8-18(15-17)31-23(32)13-14-24(31)33/h2-12,15H,13-14H2,1H3,(H,29,34). The highest BCUT2D eigenvalue weighted by Crippen LogP contribution is 2.36. The van der Waals surface area contributed by atoms with Gasteiger partial charge in [0.25, 0.3) is 5.91 Å². The lowest BCUT2D eigenvalue weighted by molar-refractivity contribution is -0.121. The second kappa shape index (κ2) is 7.52. The number of anilines is 2. The molecule has 3 amide bonds. The first-order valence-corrected chi connectivity index (χ1v) is 11.1. The first-order valence-electron chi connectivity index (χ1n) is 11.1. The van der Waals surface area contributed by atoms with Crippen LogP contribution in [0, 0.1) is 6.92 Å². The molecule has 2 aromatic heterocycles. The SMILES string of the molecule is Cc1nc2ccccc2c2c(NC(=O)c3cccc(N4C(=O)CCC4=O)c3)c3ccccc3n12. The molecule has 0 unspecified atom stereocenters. The van der Waals surface area contributed by atoms with Crippen LogP contribution in [0.15, 0.2) is 72.8 Å². The van der Waals surface area contributed by atoms with Crippen molar-refractivity contribution in [2.45, 2.75) is 19.8 Å². The predicted molar refractivity (Wildman–Crippen MR) is 131 cm³/mol. The molecule has 5 aromatic rings. The molecule has 6 rings (SSSR count). The van der Waals surface area contributed by atoms with Crippen molar-refractivity contribution in [2.75, 3.05) is 10.2 Å². The Balaban J connectivity index is 1.50. The molecule has 0 bridgehead atoms. The maximum atomic E-state index is 13.4. The van der Waals surface area contributed by atoms with Crippen LogP contribution < -0.4 is 10.2 Å². The molecule has 7 nitrogen and oxygen atoms in total. The maximum Gasteiger partial charge on any atom is 0.255 e. The molecule has 1 aliphatic heterocycles. The smallest absolute Gasteiger partial charge is 0.255 e. The van der Waals surface area contributed by atoms with Crippen LogP contribution in [0.25, 0.3) is 27.3 Å². The number of hydrogen-bond donors (Lipinski definition) is 1. The minimum Gasteiger partial charge on any atom is -0.320 e. The van der Waals surface area contributed by atoms with Crippen molar-refractivity contribution in [3.05, 3.63) is 84.2 Å². The van der Waals surface area contributed by atoms with E-state index in [0.717, 1.165) is 38.0 Å². The zero-order valence-electron chi connectivity index (χ0n) is 18.4. The summed E-state index contributed by atoms with van der Waals surface area (Å²) in [5.41, 5.74) is 4.14. The molecule has 34 heavy (non-hydrogen) atoms. The fourth-order valence-electron chi connectivity index (χ4n) is 4.79. The van der Waals surface area contributed by atoms with E-state index in [1.807, 2.05) is 55.5 Å². The molecule has 1 saturated heterocycles. The summed E-state index contributed by atoms with van der Waals surface area (Å²) in [5.74, 6) is -0.000879. The van der Waals surface area contributed by atoms with E-state index in [4.69, 9.17) is 4.98 Å². The van der Waals surface area contributed by atoms with Crippen LogP contribution >= 0.6 is 0 Å². The highest BCUT2D eigenvalue weighted by Gasteiger charge is 2.30. The number of carbonyl (C=O) groups excluding carboxylic acids is 3. The third kappa shape index (κ3) is 2.97. The number of fused-ring (bicyclic) bond motifs is 5. The van der Waals surface area contributed by atoms with E-state index in [2.05, 4.69) is 9.72 Å². The largest absolute Gasteiger partial charge is 0.320 e. The fraction of sp³-hybridized carbons (Fsp3) is 0.111. The van der Waals surface area contributed by atoms with Crippen molar-refractivity contribution < 1.29 is 14.4 Å². The molecular formula is C27H20N4O3. The summed E-state index contributed by atoms with van der Waals surface area (Å²) in [6.45, 7) is 1.95. The van der Waals surface area contributed by atoms with Crippen LogP contribution in [0.5, 0.6) is 0 Å². The predicted octanol–water partition coefficient (Wildman–Crippen LogP) is 4.85. The van der Waals surface area contributed by atoms with Gasteiger partial charge in [0.2, 0.25) is 11.8 Å². The van der Waals surface area contributed by atoms with Gasteiger partial charge in [-0.1, -0.05) is 42.5 Å². The molecule has 0 saturated carbocycles. The lowest BCUT2D eigenvalue weighted by atomic mass is 10.1. The van der Waals surface area contributed by atoms with Gasteiger partial charge in [-0.2, -0.15) is 0 Å². The Hall–Kier alpha value is -4.52. The molecule has 166 valence electrons. The van der Waals surface area contributed by atoms with E-state index in [-0.39, 0.29) is 30.6 Å². The van der Waals surface area contributed by atoms with Gasteiger partial charge in [-0.15, -0.1) is 0 Å². The van der Waals surface area contributed by atoms with Crippen molar-refractivity contribution in [3.8, 4) is 0 Å². The average Bonchev–Trinajstić information content (AvgIpc) is 3.36. The molecule has 1 fully saturated rings. The molecule has 0 spiro atoms. The van der Waals surface area contributed by atoms with Crippen LogP contribution in [-0.4, -0.2) is 27.1 Å². The number of aryl methyl sites for hydroxylation is 1. The quantitative estimate of drug-likeness (QED) is 0.400. The van der Waals surface area contributed by atoms with Crippen LogP contribution in [0.4, 0.5) is 11.4 Å². The van der Waals surface area contributed by atoms with Crippen LogP contribution in [0.3, 0.4) is 0 Å². The monoisotopic (exact) mass is 448 g/mol. The highest BCUT2D eigenvalue weighted by molar-refractivity contribution is 6.21. The third-order valence-corrected chi connectivity index (χ3v) is 6.30. The van der Waals surface area contributed by atoms with Gasteiger partial charge in [-0.3, -0.25) is 23.7 Å². The Bertz CT molecular complexity index is 1650. The summed E-state index contributed by atoms with van der Waals surface area (Å²) in [5, 5.41) is 4.94. The average molecular weight is 448 g/mol. The lowest BCUT2D eigenvalue weighted by Gasteiger charge is -2.15. The molecule has 0 aliphatic carbocycles. The number of nitrogens with one attached hydrogen (secondary N) is 1. The zero-order chi connectivity index (χ0) is 23.4. The van der Waals surface area contributed by atoms with Gasteiger partial charge in [0, 0.05) is 29.2 Å². The zero-order valence-corrected chi connectivity index (χ0v) is 18.4. The van der Waals surface area contributed by atoms with Crippen molar-refractivity contribution >= 4 is 56.4 Å². The number of carbonyl (C=O) groups is 3. The number of aromatic nitrogens is 2. The molecule has 7 heteroatoms. The summed E-state index contributed by atoms with van der Waals surface area (Å²) in [7, 11) is 0. The van der Waals surface area contributed by atoms with Gasteiger partial charge in [-0.25, -0.2) is 4.98 Å². The van der Waals surface area contributed by atoms with Crippen LogP contribution in [0.1, 0.15) is 29.0 Å². The summed E-state index contributed by atoms with van der Waals surface area (Å²) in [6.07, 6.45) is 0.386. The molecule has 0 radical (unpaired) electrons. The first-order chi connectivity index (χ1) is 16.5. The van der Waals surface area contributed by atoms with Gasteiger partial charge in [0.05, 0.1) is 27.9 Å². The second-order valence-corrected chi connectivity index (χ2v) is 8.38. The Morgan fingerprint density at radius 1 is 0.882 bits per heavy atom. The van der Waals surface area contributed by atoms with Crippen molar-refractivity contribution in [2.24, 2.45) is 0 Å². The Kier molecular flexibility index (Phi) is 4.45. The van der Waals surface area contributed by atoms with Crippen molar-refractivity contribution in [1.82, 2.24) is 9.38 Å². The number of nitrogens with zero attached hydrogens (tertiary/aromatic N) is 3. The van der Waals surface area contributed by atoms with E-state index in [1.54, 1.807) is 24.3 Å². The Morgan fingerprint density at radius 3 is 2.38 bits per heavy atom. The minimum atomic E-state index is -0.322. The van der Waals surface area contributed by atoms with E-state index in [0.29, 0.717) is 16.9 Å². The molecule has 1 N–H and O–H groups in total. The molecule has 1 aliphatic rings. The van der Waals surface area contributed by atoms with Gasteiger partial charge in [0.1, 0.15) is 5.82 Å². The summed E-state index contributed by atoms with van der Waals surface area (Å²) >= 11 is 0. The van der Waals surface area contributed by atoms with Gasteiger partial charge in [-0.05, 0) is 37.3 Å². The summed E-state index contributed by atoms with van der Waals surface area (Å²) in [4.78, 5) is 43.7. The molecule has 3 aromatic carbocycles. The molecular weight excluding hydrogens is 428 g/mol. The number of para-hydroxylation sites is 2. The molecule has 0 atom stereocenters. The summed E-state index contributed by atoms with van der Waals surface area (Å²) in [6, 6.07) is 22.3. The number of benzene rings is 3. The van der Waals surface area contributed by atoms with Gasteiger partial charge < -0.3 is 5.32 Å². The topological polar surface area (TPSA) is 83.8 Å². The first kappa shape index (κ1) is 20.1. The molecule has 3 heterocycles. The van der Waals surface area contributed by atoms with E-state index in [9.17, 15) is 14.4 Å². The Labute approximate surface area is 194 Å². The van der Waals surface area contributed by atoms with Crippen molar-refractivity contribution in [3.63, 3.8) is 0 Å². The van der Waals surface area contributed by atoms with E-state index < -0.39 is 0 Å². The number of rotatable bonds is 3. The van der Waals surface area contributed by atoms with Crippen LogP contribution in [0.2, 0.25) is 0 Å². The van der Waals surface area contributed by atoms with E-state index in [1.165, 1.54) is 0 Å². The summed E-state index contributed by atoms with van der Waals surface area (Å²) < 4.78 is 2.06. The Morgan fingerprint density at radius 2 is 1.59 bits per heavy atom. The number of hydrogen-bond acceptors (Lipinski definition) is 4. The third-order valence-electron chi connectivity index (χ3n) is 6.30. The van der Waals surface area contributed by atoms with Crippen molar-refractivity contribution in [1.29, 1.82) is 0 Å². The van der Waals surface area contributed by atoms with Gasteiger partial charge >= 0.3 is 0 Å².